The number of rotatable bonds is 5. The molecule has 0 aliphatic heterocycles. The predicted molar refractivity (Wildman–Crippen MR) is 81.9 cm³/mol. The largest absolute Gasteiger partial charge is 0.377 e. The summed E-state index contributed by atoms with van der Waals surface area (Å²) in [6.45, 7) is 1.93. The zero-order valence-corrected chi connectivity index (χ0v) is 13.0. The van der Waals surface area contributed by atoms with Crippen molar-refractivity contribution < 1.29 is 9.31 Å². The van der Waals surface area contributed by atoms with Crippen molar-refractivity contribution >= 4 is 38.6 Å². The molecule has 0 bridgehead atoms. The summed E-state index contributed by atoms with van der Waals surface area (Å²) < 4.78 is 13.6. The highest BCUT2D eigenvalue weighted by molar-refractivity contribution is 9.10. The smallest absolute Gasteiger partial charge is 0.295 e. The van der Waals surface area contributed by atoms with Crippen LogP contribution in [0.15, 0.2) is 33.4 Å². The van der Waals surface area contributed by atoms with Gasteiger partial charge in [-0.25, -0.2) is 4.39 Å². The standard InChI is InChI=1S/C13H12BrFN2O2S/c1-8(4-9-2-3-20-7-9)16-12-5-10(14)11(15)6-13(12)17(18)19/h2-3,5-8,16H,4H2,1H3. The van der Waals surface area contributed by atoms with Crippen LogP contribution in [-0.2, 0) is 6.42 Å². The number of nitro groups is 1. The predicted octanol–water partition coefficient (Wildman–Crippen LogP) is 4.60. The number of hydrogen-bond acceptors (Lipinski definition) is 4. The third-order valence-corrected chi connectivity index (χ3v) is 4.10. The van der Waals surface area contributed by atoms with Gasteiger partial charge in [0.15, 0.2) is 0 Å². The van der Waals surface area contributed by atoms with Crippen LogP contribution >= 0.6 is 27.3 Å². The van der Waals surface area contributed by atoms with Crippen molar-refractivity contribution in [2.45, 2.75) is 19.4 Å². The molecule has 0 saturated heterocycles. The Balaban J connectivity index is 2.19. The zero-order valence-electron chi connectivity index (χ0n) is 10.6. The Morgan fingerprint density at radius 3 is 2.90 bits per heavy atom. The third-order valence-electron chi connectivity index (χ3n) is 2.76. The fraction of sp³-hybridized carbons (Fsp3) is 0.231. The lowest BCUT2D eigenvalue weighted by Crippen LogP contribution is -2.18. The van der Waals surface area contributed by atoms with Crippen molar-refractivity contribution in [1.29, 1.82) is 0 Å². The van der Waals surface area contributed by atoms with Gasteiger partial charge in [0.2, 0.25) is 0 Å². The topological polar surface area (TPSA) is 55.2 Å². The van der Waals surface area contributed by atoms with Gasteiger partial charge in [0.05, 0.1) is 15.5 Å². The van der Waals surface area contributed by atoms with E-state index in [2.05, 4.69) is 21.2 Å². The molecule has 1 unspecified atom stereocenters. The second kappa shape index (κ2) is 6.32. The quantitative estimate of drug-likeness (QED) is 0.627. The number of benzene rings is 1. The lowest BCUT2D eigenvalue weighted by atomic mass is 10.1. The van der Waals surface area contributed by atoms with Gasteiger partial charge in [0.1, 0.15) is 11.5 Å². The van der Waals surface area contributed by atoms with Crippen molar-refractivity contribution in [3.05, 3.63) is 54.9 Å². The molecular weight excluding hydrogens is 347 g/mol. The van der Waals surface area contributed by atoms with E-state index < -0.39 is 10.7 Å². The second-order valence-corrected chi connectivity index (χ2v) is 6.06. The first-order valence-electron chi connectivity index (χ1n) is 5.88. The Kier molecular flexibility index (Phi) is 4.72. The Hall–Kier alpha value is -1.47. The van der Waals surface area contributed by atoms with Crippen molar-refractivity contribution in [2.75, 3.05) is 5.32 Å². The summed E-state index contributed by atoms with van der Waals surface area (Å²) in [6, 6.07) is 4.33. The van der Waals surface area contributed by atoms with Gasteiger partial charge in [0.25, 0.3) is 5.69 Å². The first-order valence-corrected chi connectivity index (χ1v) is 7.62. The van der Waals surface area contributed by atoms with Crippen LogP contribution in [0.2, 0.25) is 0 Å². The van der Waals surface area contributed by atoms with Crippen molar-refractivity contribution in [2.24, 2.45) is 0 Å². The molecule has 0 aliphatic rings. The summed E-state index contributed by atoms with van der Waals surface area (Å²) >= 11 is 4.65. The summed E-state index contributed by atoms with van der Waals surface area (Å²) in [5.41, 5.74) is 1.22. The van der Waals surface area contributed by atoms with E-state index in [0.29, 0.717) is 5.69 Å². The Morgan fingerprint density at radius 2 is 2.30 bits per heavy atom. The maximum Gasteiger partial charge on any atom is 0.295 e. The first kappa shape index (κ1) is 14.9. The van der Waals surface area contributed by atoms with E-state index >= 15 is 0 Å². The van der Waals surface area contributed by atoms with E-state index in [1.165, 1.54) is 11.6 Å². The van der Waals surface area contributed by atoms with E-state index in [0.717, 1.165) is 12.5 Å². The number of thiophene rings is 1. The average molecular weight is 359 g/mol. The minimum Gasteiger partial charge on any atom is -0.377 e. The van der Waals surface area contributed by atoms with E-state index in [-0.39, 0.29) is 16.2 Å². The van der Waals surface area contributed by atoms with Crippen LogP contribution in [0.4, 0.5) is 15.8 Å². The summed E-state index contributed by atoms with van der Waals surface area (Å²) in [5.74, 6) is -0.646. The molecule has 1 aromatic heterocycles. The van der Waals surface area contributed by atoms with Crippen molar-refractivity contribution in [1.82, 2.24) is 0 Å². The van der Waals surface area contributed by atoms with Gasteiger partial charge >= 0.3 is 0 Å². The number of nitro benzene ring substituents is 1. The highest BCUT2D eigenvalue weighted by atomic mass is 79.9. The van der Waals surface area contributed by atoms with E-state index in [4.69, 9.17) is 0 Å². The molecule has 106 valence electrons. The van der Waals surface area contributed by atoms with Crippen LogP contribution in [0.3, 0.4) is 0 Å². The lowest BCUT2D eigenvalue weighted by molar-refractivity contribution is -0.384. The molecule has 0 amide bonds. The van der Waals surface area contributed by atoms with Crippen LogP contribution in [0.1, 0.15) is 12.5 Å². The molecular formula is C13H12BrFN2O2S. The van der Waals surface area contributed by atoms with Crippen LogP contribution in [-0.4, -0.2) is 11.0 Å². The molecule has 0 saturated carbocycles. The molecule has 1 atom stereocenters. The summed E-state index contributed by atoms with van der Waals surface area (Å²) in [4.78, 5) is 10.4. The van der Waals surface area contributed by atoms with Crippen LogP contribution < -0.4 is 5.32 Å². The number of halogens is 2. The maximum absolute atomic E-state index is 13.4. The molecule has 0 fully saturated rings. The molecule has 0 radical (unpaired) electrons. The van der Waals surface area contributed by atoms with E-state index in [1.54, 1.807) is 11.3 Å². The fourth-order valence-corrected chi connectivity index (χ4v) is 2.91. The zero-order chi connectivity index (χ0) is 14.7. The number of nitrogens with zero attached hydrogens (tertiary/aromatic N) is 1. The van der Waals surface area contributed by atoms with E-state index in [9.17, 15) is 14.5 Å². The SMILES string of the molecule is CC(Cc1ccsc1)Nc1cc(Br)c(F)cc1[N+](=O)[O-]. The van der Waals surface area contributed by atoms with Gasteiger partial charge in [-0.1, -0.05) is 0 Å². The molecule has 0 spiro atoms. The molecule has 7 heteroatoms. The molecule has 4 nitrogen and oxygen atoms in total. The third kappa shape index (κ3) is 3.55. The van der Waals surface area contributed by atoms with Gasteiger partial charge in [0, 0.05) is 6.04 Å². The van der Waals surface area contributed by atoms with Crippen LogP contribution in [0.5, 0.6) is 0 Å². The Labute approximate surface area is 127 Å². The highest BCUT2D eigenvalue weighted by Crippen LogP contribution is 2.31. The van der Waals surface area contributed by atoms with Gasteiger partial charge < -0.3 is 5.32 Å². The van der Waals surface area contributed by atoms with Crippen LogP contribution in [0.25, 0.3) is 0 Å². The number of hydrogen-bond donors (Lipinski definition) is 1. The first-order chi connectivity index (χ1) is 9.47. The molecule has 1 heterocycles. The normalized spacial score (nSPS) is 12.2. The highest BCUT2D eigenvalue weighted by Gasteiger charge is 2.19. The molecule has 0 aliphatic carbocycles. The molecule has 20 heavy (non-hydrogen) atoms. The number of anilines is 1. The maximum atomic E-state index is 13.4. The molecule has 2 rings (SSSR count). The van der Waals surface area contributed by atoms with Gasteiger partial charge in [-0.3, -0.25) is 10.1 Å². The molecule has 2 aromatic rings. The molecule has 1 aromatic carbocycles. The molecule has 1 N–H and O–H groups in total. The Bertz CT molecular complexity index is 619. The van der Waals surface area contributed by atoms with Crippen molar-refractivity contribution in [3.63, 3.8) is 0 Å². The van der Waals surface area contributed by atoms with Gasteiger partial charge in [-0.2, -0.15) is 11.3 Å². The van der Waals surface area contributed by atoms with Gasteiger partial charge in [-0.15, -0.1) is 0 Å². The minimum atomic E-state index is -0.646. The summed E-state index contributed by atoms with van der Waals surface area (Å²) in [6.07, 6.45) is 0.746. The Morgan fingerprint density at radius 1 is 1.55 bits per heavy atom. The minimum absolute atomic E-state index is 0.000612. The van der Waals surface area contributed by atoms with E-state index in [1.807, 2.05) is 23.8 Å². The number of nitrogens with one attached hydrogen (secondary N) is 1. The summed E-state index contributed by atoms with van der Waals surface area (Å²) in [5, 5.41) is 18.1. The summed E-state index contributed by atoms with van der Waals surface area (Å²) in [7, 11) is 0. The fourth-order valence-electron chi connectivity index (χ4n) is 1.88. The average Bonchev–Trinajstić information content (AvgIpc) is 2.85. The van der Waals surface area contributed by atoms with Gasteiger partial charge in [-0.05, 0) is 57.7 Å². The second-order valence-electron chi connectivity index (χ2n) is 4.42. The van der Waals surface area contributed by atoms with Crippen LogP contribution in [0, 0.1) is 15.9 Å². The monoisotopic (exact) mass is 358 g/mol. The lowest BCUT2D eigenvalue weighted by Gasteiger charge is -2.15. The van der Waals surface area contributed by atoms with Crippen molar-refractivity contribution in [3.8, 4) is 0 Å².